The highest BCUT2D eigenvalue weighted by Gasteiger charge is 2.40. The zero-order chi connectivity index (χ0) is 24.8. The number of pyridine rings is 1. The summed E-state index contributed by atoms with van der Waals surface area (Å²) in [5, 5.41) is 8.32. The van der Waals surface area contributed by atoms with Gasteiger partial charge >= 0.3 is 0 Å². The summed E-state index contributed by atoms with van der Waals surface area (Å²) >= 11 is 0. The lowest BCUT2D eigenvalue weighted by molar-refractivity contribution is -0.116. The summed E-state index contributed by atoms with van der Waals surface area (Å²) in [6, 6.07) is 19.5. The fourth-order valence-corrected chi connectivity index (χ4v) is 5.45. The van der Waals surface area contributed by atoms with Gasteiger partial charge in [-0.1, -0.05) is 36.4 Å². The van der Waals surface area contributed by atoms with E-state index in [2.05, 4.69) is 22.4 Å². The number of nitrogens with one attached hydrogen (secondary N) is 1. The second-order valence-corrected chi connectivity index (χ2v) is 9.56. The van der Waals surface area contributed by atoms with Crippen LogP contribution >= 0.6 is 0 Å². The maximum absolute atomic E-state index is 13.8. The van der Waals surface area contributed by atoms with Gasteiger partial charge in [0.05, 0.1) is 13.2 Å². The van der Waals surface area contributed by atoms with Gasteiger partial charge in [-0.2, -0.15) is 4.98 Å². The summed E-state index contributed by atoms with van der Waals surface area (Å²) < 4.78 is 13.7. The number of hydrogen-bond donors (Lipinski definition) is 1. The minimum atomic E-state index is -0.425. The van der Waals surface area contributed by atoms with E-state index >= 15 is 0 Å². The van der Waals surface area contributed by atoms with Gasteiger partial charge in [0, 0.05) is 42.1 Å². The van der Waals surface area contributed by atoms with E-state index in [1.54, 1.807) is 12.4 Å². The molecular formula is C29H25N5O3. The normalized spacial score (nSPS) is 20.5. The van der Waals surface area contributed by atoms with Crippen LogP contribution in [0.2, 0.25) is 0 Å². The predicted molar refractivity (Wildman–Crippen MR) is 138 cm³/mol. The van der Waals surface area contributed by atoms with Crippen LogP contribution in [0.4, 0.5) is 5.95 Å². The van der Waals surface area contributed by atoms with Crippen molar-refractivity contribution in [3.63, 3.8) is 0 Å². The lowest BCUT2D eigenvalue weighted by Gasteiger charge is -2.35. The van der Waals surface area contributed by atoms with Crippen molar-refractivity contribution in [3.8, 4) is 22.9 Å². The third-order valence-electron chi connectivity index (χ3n) is 7.20. The first-order chi connectivity index (χ1) is 18.2. The predicted octanol–water partition coefficient (Wildman–Crippen LogP) is 4.92. The number of aromatic nitrogens is 4. The fraction of sp³-hybridized carbons (Fsp3) is 0.241. The summed E-state index contributed by atoms with van der Waals surface area (Å²) in [6.07, 6.45) is 5.47. The van der Waals surface area contributed by atoms with Crippen LogP contribution in [0.3, 0.4) is 0 Å². The number of nitrogens with zero attached hydrogens (tertiary/aromatic N) is 4. The SMILES string of the molecule is O=C1CC(c2ccccc2)CC2=C1C(c1ccc3c(c1)OCCCO3)n1nc(-c3cccnc3)nc1N2. The average molecular weight is 492 g/mol. The Labute approximate surface area is 214 Å². The summed E-state index contributed by atoms with van der Waals surface area (Å²) in [6.45, 7) is 1.21. The first kappa shape index (κ1) is 21.8. The summed E-state index contributed by atoms with van der Waals surface area (Å²) in [5.74, 6) is 2.80. The number of carbonyl (C=O) groups excluding carboxylic acids is 1. The van der Waals surface area contributed by atoms with Gasteiger partial charge in [-0.05, 0) is 47.7 Å². The van der Waals surface area contributed by atoms with Crippen LogP contribution < -0.4 is 14.8 Å². The van der Waals surface area contributed by atoms with Crippen LogP contribution in [-0.4, -0.2) is 38.7 Å². The molecule has 4 aromatic rings. The van der Waals surface area contributed by atoms with Gasteiger partial charge in [0.2, 0.25) is 5.95 Å². The molecule has 2 unspecified atom stereocenters. The van der Waals surface area contributed by atoms with E-state index in [0.29, 0.717) is 37.2 Å². The van der Waals surface area contributed by atoms with Crippen LogP contribution in [0.25, 0.3) is 11.4 Å². The molecule has 0 bridgehead atoms. The Morgan fingerprint density at radius 1 is 0.919 bits per heavy atom. The van der Waals surface area contributed by atoms with E-state index in [9.17, 15) is 4.79 Å². The summed E-state index contributed by atoms with van der Waals surface area (Å²) in [4.78, 5) is 22.8. The smallest absolute Gasteiger partial charge is 0.226 e. The fourth-order valence-electron chi connectivity index (χ4n) is 5.45. The second kappa shape index (κ2) is 8.89. The molecule has 0 spiro atoms. The number of hydrogen-bond acceptors (Lipinski definition) is 7. The lowest BCUT2D eigenvalue weighted by atomic mass is 9.78. The molecule has 3 aliphatic rings. The van der Waals surface area contributed by atoms with Crippen LogP contribution in [0.5, 0.6) is 11.5 Å². The number of rotatable bonds is 3. The van der Waals surface area contributed by atoms with Gasteiger partial charge in [0.25, 0.3) is 0 Å². The number of Topliss-reactive ketones (excluding diaryl/α,β-unsaturated/α-hetero) is 1. The Morgan fingerprint density at radius 3 is 2.62 bits per heavy atom. The minimum absolute atomic E-state index is 0.108. The Morgan fingerprint density at radius 2 is 1.78 bits per heavy atom. The van der Waals surface area contributed by atoms with Gasteiger partial charge in [-0.15, -0.1) is 5.10 Å². The molecule has 0 radical (unpaired) electrons. The van der Waals surface area contributed by atoms with E-state index in [4.69, 9.17) is 19.6 Å². The molecule has 1 aliphatic carbocycles. The lowest BCUT2D eigenvalue weighted by Crippen LogP contribution is -2.33. The molecular weight excluding hydrogens is 466 g/mol. The molecule has 184 valence electrons. The molecule has 2 aromatic carbocycles. The minimum Gasteiger partial charge on any atom is -0.490 e. The molecule has 0 saturated carbocycles. The Bertz CT molecular complexity index is 1510. The van der Waals surface area contributed by atoms with Gasteiger partial charge in [-0.25, -0.2) is 4.68 Å². The Balaban J connectivity index is 1.36. The first-order valence-corrected chi connectivity index (χ1v) is 12.6. The summed E-state index contributed by atoms with van der Waals surface area (Å²) in [7, 11) is 0. The third kappa shape index (κ3) is 3.85. The Hall–Kier alpha value is -4.46. The number of carbonyl (C=O) groups is 1. The number of anilines is 1. The van der Waals surface area contributed by atoms with Crippen molar-refractivity contribution in [1.82, 2.24) is 19.7 Å². The van der Waals surface area contributed by atoms with E-state index in [0.717, 1.165) is 41.0 Å². The zero-order valence-electron chi connectivity index (χ0n) is 20.1. The van der Waals surface area contributed by atoms with Crippen LogP contribution in [0.1, 0.15) is 42.3 Å². The molecule has 2 atom stereocenters. The molecule has 2 aromatic heterocycles. The zero-order valence-corrected chi connectivity index (χ0v) is 20.1. The van der Waals surface area contributed by atoms with Crippen molar-refractivity contribution in [2.24, 2.45) is 0 Å². The highest BCUT2D eigenvalue weighted by molar-refractivity contribution is 6.00. The van der Waals surface area contributed by atoms with E-state index in [1.165, 1.54) is 5.56 Å². The molecule has 8 nitrogen and oxygen atoms in total. The number of ether oxygens (including phenoxy) is 2. The molecule has 2 aliphatic heterocycles. The van der Waals surface area contributed by atoms with E-state index in [1.807, 2.05) is 53.2 Å². The van der Waals surface area contributed by atoms with Gasteiger partial charge in [0.15, 0.2) is 23.1 Å². The molecule has 1 N–H and O–H groups in total. The number of ketones is 1. The van der Waals surface area contributed by atoms with Crippen LogP contribution in [-0.2, 0) is 4.79 Å². The average Bonchev–Trinajstić information content (AvgIpc) is 3.22. The standard InChI is InChI=1S/C29H25N5O3/c35-23-15-21(18-6-2-1-3-7-18)14-22-26(23)27(19-9-10-24-25(16-19)37-13-5-12-36-24)34-29(31-22)32-28(33-34)20-8-4-11-30-17-20/h1-4,6-11,16-17,21,27H,5,12-15H2,(H,31,32,33). The Kier molecular flexibility index (Phi) is 5.23. The molecule has 7 rings (SSSR count). The van der Waals surface area contributed by atoms with Gasteiger partial charge in [-0.3, -0.25) is 9.78 Å². The van der Waals surface area contributed by atoms with Crippen molar-refractivity contribution in [3.05, 3.63) is 95.5 Å². The second-order valence-electron chi connectivity index (χ2n) is 9.56. The van der Waals surface area contributed by atoms with Crippen molar-refractivity contribution >= 4 is 11.7 Å². The van der Waals surface area contributed by atoms with Crippen LogP contribution in [0, 0.1) is 0 Å². The quantitative estimate of drug-likeness (QED) is 0.435. The topological polar surface area (TPSA) is 91.2 Å². The van der Waals surface area contributed by atoms with Gasteiger partial charge < -0.3 is 14.8 Å². The first-order valence-electron chi connectivity index (χ1n) is 12.6. The maximum Gasteiger partial charge on any atom is 0.226 e. The van der Waals surface area contributed by atoms with Gasteiger partial charge in [0.1, 0.15) is 6.04 Å². The van der Waals surface area contributed by atoms with Crippen molar-refractivity contribution < 1.29 is 14.3 Å². The number of allylic oxidation sites excluding steroid dienone is 2. The molecule has 0 saturated heterocycles. The summed E-state index contributed by atoms with van der Waals surface area (Å²) in [5.41, 5.74) is 4.53. The molecule has 37 heavy (non-hydrogen) atoms. The van der Waals surface area contributed by atoms with Crippen molar-refractivity contribution in [2.45, 2.75) is 31.2 Å². The monoisotopic (exact) mass is 491 g/mol. The third-order valence-corrected chi connectivity index (χ3v) is 7.20. The van der Waals surface area contributed by atoms with E-state index < -0.39 is 6.04 Å². The highest BCUT2D eigenvalue weighted by Crippen LogP contribution is 2.45. The molecule has 4 heterocycles. The highest BCUT2D eigenvalue weighted by atomic mass is 16.5. The number of benzene rings is 2. The van der Waals surface area contributed by atoms with Crippen LogP contribution in [0.15, 0.2) is 84.3 Å². The molecule has 0 amide bonds. The molecule has 0 fully saturated rings. The van der Waals surface area contributed by atoms with Crippen molar-refractivity contribution in [2.75, 3.05) is 18.5 Å². The number of fused-ring (bicyclic) bond motifs is 2. The van der Waals surface area contributed by atoms with E-state index in [-0.39, 0.29) is 11.7 Å². The van der Waals surface area contributed by atoms with Crippen molar-refractivity contribution in [1.29, 1.82) is 0 Å². The maximum atomic E-state index is 13.8. The molecule has 8 heteroatoms. The largest absolute Gasteiger partial charge is 0.490 e.